The van der Waals surface area contributed by atoms with Crippen molar-refractivity contribution in [1.29, 1.82) is 0 Å². The van der Waals surface area contributed by atoms with Crippen LogP contribution in [0.2, 0.25) is 0 Å². The molecule has 0 spiro atoms. The third-order valence-corrected chi connectivity index (χ3v) is 7.01. The summed E-state index contributed by atoms with van der Waals surface area (Å²) in [5.41, 5.74) is 3.85. The van der Waals surface area contributed by atoms with Crippen LogP contribution in [0.25, 0.3) is 0 Å². The number of aryl methyl sites for hydroxylation is 1. The summed E-state index contributed by atoms with van der Waals surface area (Å²) < 4.78 is 0. The lowest BCUT2D eigenvalue weighted by Gasteiger charge is -2.30. The molecule has 1 atom stereocenters. The summed E-state index contributed by atoms with van der Waals surface area (Å²) >= 11 is 0. The van der Waals surface area contributed by atoms with Crippen molar-refractivity contribution in [3.8, 4) is 0 Å². The zero-order valence-electron chi connectivity index (χ0n) is 10.6. The first-order chi connectivity index (χ1) is 7.81. The molecule has 0 aliphatic carbocycles. The molecule has 1 aromatic rings. The van der Waals surface area contributed by atoms with Crippen molar-refractivity contribution in [2.24, 2.45) is 0 Å². The van der Waals surface area contributed by atoms with Crippen LogP contribution < -0.4 is 0 Å². The fourth-order valence-corrected chi connectivity index (χ4v) is 5.94. The van der Waals surface area contributed by atoms with E-state index in [2.05, 4.69) is 38.1 Å². The van der Waals surface area contributed by atoms with Crippen LogP contribution in [0.5, 0.6) is 0 Å². The van der Waals surface area contributed by atoms with Gasteiger partial charge in [0.1, 0.15) is 0 Å². The fourth-order valence-electron chi connectivity index (χ4n) is 2.72. The molecule has 88 valence electrons. The van der Waals surface area contributed by atoms with Gasteiger partial charge in [-0.3, -0.25) is 0 Å². The molecular weight excluding hydrogens is 211 g/mol. The average molecular weight is 234 g/mol. The first-order valence-electron chi connectivity index (χ1n) is 6.62. The van der Waals surface area contributed by atoms with E-state index < -0.39 is 0 Å². The predicted octanol–water partition coefficient (Wildman–Crippen LogP) is 5.11. The molecule has 0 radical (unpaired) electrons. The topological polar surface area (TPSA) is 0 Å². The van der Waals surface area contributed by atoms with Crippen molar-refractivity contribution < 1.29 is 0 Å². The molecule has 1 aliphatic rings. The highest BCUT2D eigenvalue weighted by molar-refractivity contribution is 7.58. The number of benzene rings is 1. The normalized spacial score (nSPS) is 19.6. The lowest BCUT2D eigenvalue weighted by atomic mass is 10.1. The summed E-state index contributed by atoms with van der Waals surface area (Å²) in [5.74, 6) is 0. The van der Waals surface area contributed by atoms with Crippen LogP contribution in [0.4, 0.5) is 0 Å². The van der Waals surface area contributed by atoms with E-state index in [1.54, 1.807) is 5.56 Å². The largest absolute Gasteiger partial charge is 0.0990 e. The van der Waals surface area contributed by atoms with Gasteiger partial charge in [0.2, 0.25) is 0 Å². The fraction of sp³-hybridized carbons (Fsp3) is 0.600. The quantitative estimate of drug-likeness (QED) is 0.637. The van der Waals surface area contributed by atoms with Gasteiger partial charge in [-0.15, -0.1) is 0 Å². The molecule has 2 rings (SSSR count). The van der Waals surface area contributed by atoms with Gasteiger partial charge in [-0.05, 0) is 44.1 Å². The second-order valence-corrected chi connectivity index (χ2v) is 7.63. The van der Waals surface area contributed by atoms with E-state index in [-0.39, 0.29) is 7.92 Å². The molecule has 1 heterocycles. The van der Waals surface area contributed by atoms with E-state index in [0.29, 0.717) is 0 Å². The summed E-state index contributed by atoms with van der Waals surface area (Å²) in [6, 6.07) is 9.27. The maximum atomic E-state index is 2.36. The van der Waals surface area contributed by atoms with Crippen LogP contribution in [-0.4, -0.2) is 12.3 Å². The minimum atomic E-state index is 0.279. The van der Waals surface area contributed by atoms with E-state index in [9.17, 15) is 0 Å². The summed E-state index contributed by atoms with van der Waals surface area (Å²) in [6.45, 7) is 4.54. The van der Waals surface area contributed by atoms with Gasteiger partial charge in [0.25, 0.3) is 0 Å². The molecule has 1 aromatic carbocycles. The van der Waals surface area contributed by atoms with Gasteiger partial charge in [-0.1, -0.05) is 51.1 Å². The summed E-state index contributed by atoms with van der Waals surface area (Å²) in [6.07, 6.45) is 8.80. The Balaban J connectivity index is 2.11. The zero-order chi connectivity index (χ0) is 11.4. The molecule has 0 unspecified atom stereocenters. The number of rotatable bonds is 3. The molecule has 1 aliphatic heterocycles. The lowest BCUT2D eigenvalue weighted by molar-refractivity contribution is 0.735. The Hall–Kier alpha value is -0.350. The van der Waals surface area contributed by atoms with Crippen LogP contribution in [0.15, 0.2) is 24.3 Å². The third kappa shape index (κ3) is 2.86. The predicted molar refractivity (Wildman–Crippen MR) is 74.7 cm³/mol. The van der Waals surface area contributed by atoms with Gasteiger partial charge in [-0.2, -0.15) is 0 Å². The molecular formula is C15H23P. The Bertz CT molecular complexity index is 309. The van der Waals surface area contributed by atoms with Gasteiger partial charge in [0.15, 0.2) is 0 Å². The average Bonchev–Trinajstić information content (AvgIpc) is 2.34. The standard InChI is InChI=1S/C15H23P/c1-3-15(16-11-5-4-6-12-16)14-9-7-13(2)8-10-14/h7-10,15H,3-6,11-12H2,1-2H3/t15-/m0/s1. The van der Waals surface area contributed by atoms with Crippen LogP contribution in [0, 0.1) is 6.92 Å². The van der Waals surface area contributed by atoms with Crippen molar-refractivity contribution in [1.82, 2.24) is 0 Å². The second-order valence-electron chi connectivity index (χ2n) is 4.93. The van der Waals surface area contributed by atoms with Crippen LogP contribution >= 0.6 is 7.92 Å². The van der Waals surface area contributed by atoms with Crippen molar-refractivity contribution >= 4 is 7.92 Å². The smallest absolute Gasteiger partial charge is 0.00392 e. The van der Waals surface area contributed by atoms with Crippen molar-refractivity contribution in [2.45, 2.75) is 45.2 Å². The highest BCUT2D eigenvalue weighted by Gasteiger charge is 2.22. The van der Waals surface area contributed by atoms with Crippen LogP contribution in [-0.2, 0) is 0 Å². The van der Waals surface area contributed by atoms with Crippen LogP contribution in [0.3, 0.4) is 0 Å². The first kappa shape index (κ1) is 12.1. The van der Waals surface area contributed by atoms with E-state index in [1.807, 2.05) is 0 Å². The highest BCUT2D eigenvalue weighted by Crippen LogP contribution is 2.55. The molecule has 0 nitrogen and oxygen atoms in total. The summed E-state index contributed by atoms with van der Waals surface area (Å²) in [5, 5.41) is 0. The summed E-state index contributed by atoms with van der Waals surface area (Å²) in [7, 11) is 0.279. The highest BCUT2D eigenvalue weighted by atomic mass is 31.1. The Morgan fingerprint density at radius 1 is 1.06 bits per heavy atom. The minimum absolute atomic E-state index is 0.279. The molecule has 0 amide bonds. The molecule has 0 N–H and O–H groups in total. The van der Waals surface area contributed by atoms with E-state index >= 15 is 0 Å². The Kier molecular flexibility index (Phi) is 4.41. The number of hydrogen-bond donors (Lipinski definition) is 0. The second kappa shape index (κ2) is 5.82. The maximum absolute atomic E-state index is 2.36. The van der Waals surface area contributed by atoms with Crippen LogP contribution in [0.1, 0.15) is 49.4 Å². The molecule has 0 aromatic heterocycles. The van der Waals surface area contributed by atoms with Gasteiger partial charge in [0.05, 0.1) is 0 Å². The van der Waals surface area contributed by atoms with E-state index in [0.717, 1.165) is 5.66 Å². The lowest BCUT2D eigenvalue weighted by Crippen LogP contribution is -2.06. The third-order valence-electron chi connectivity index (χ3n) is 3.68. The molecule has 1 fully saturated rings. The number of hydrogen-bond acceptors (Lipinski definition) is 0. The van der Waals surface area contributed by atoms with Gasteiger partial charge in [0, 0.05) is 5.66 Å². The molecule has 1 saturated heterocycles. The van der Waals surface area contributed by atoms with Crippen molar-refractivity contribution in [2.75, 3.05) is 12.3 Å². The first-order valence-corrected chi connectivity index (χ1v) is 8.40. The summed E-state index contributed by atoms with van der Waals surface area (Å²) in [4.78, 5) is 0. The monoisotopic (exact) mass is 234 g/mol. The SMILES string of the molecule is CC[C@@H](c1ccc(C)cc1)P1CCCCC1. The molecule has 1 heteroatoms. The zero-order valence-corrected chi connectivity index (χ0v) is 11.5. The Labute approximate surface area is 101 Å². The Morgan fingerprint density at radius 2 is 1.69 bits per heavy atom. The van der Waals surface area contributed by atoms with Crippen molar-refractivity contribution in [3.63, 3.8) is 0 Å². The molecule has 0 saturated carbocycles. The van der Waals surface area contributed by atoms with E-state index in [4.69, 9.17) is 0 Å². The van der Waals surface area contributed by atoms with E-state index in [1.165, 1.54) is 43.6 Å². The van der Waals surface area contributed by atoms with Gasteiger partial charge >= 0.3 is 0 Å². The van der Waals surface area contributed by atoms with Gasteiger partial charge in [-0.25, -0.2) is 0 Å². The molecule has 0 bridgehead atoms. The Morgan fingerprint density at radius 3 is 2.25 bits per heavy atom. The maximum Gasteiger partial charge on any atom is 0.00392 e. The molecule has 16 heavy (non-hydrogen) atoms. The van der Waals surface area contributed by atoms with Gasteiger partial charge < -0.3 is 0 Å². The van der Waals surface area contributed by atoms with Crippen molar-refractivity contribution in [3.05, 3.63) is 35.4 Å². The minimum Gasteiger partial charge on any atom is -0.0990 e.